The van der Waals surface area contributed by atoms with Crippen LogP contribution in [0.15, 0.2) is 39.9 Å². The van der Waals surface area contributed by atoms with Gasteiger partial charge in [-0.1, -0.05) is 77.3 Å². The molecular formula is C36H62N4O2. The molecule has 3 N–H and O–H groups in total. The van der Waals surface area contributed by atoms with Crippen LogP contribution in [0, 0.1) is 12.3 Å². The van der Waals surface area contributed by atoms with Crippen LogP contribution < -0.4 is 15.9 Å². The second-order valence-electron chi connectivity index (χ2n) is 8.97. The highest BCUT2D eigenvalue weighted by Gasteiger charge is 2.13. The summed E-state index contributed by atoms with van der Waals surface area (Å²) in [4.78, 5) is 13.6. The Morgan fingerprint density at radius 2 is 1.67 bits per heavy atom. The van der Waals surface area contributed by atoms with Gasteiger partial charge in [-0.2, -0.15) is 0 Å². The predicted octanol–water partition coefficient (Wildman–Crippen LogP) is 6.32. The highest BCUT2D eigenvalue weighted by Crippen LogP contribution is 2.17. The summed E-state index contributed by atoms with van der Waals surface area (Å²) in [7, 11) is 3.80. The van der Waals surface area contributed by atoms with Gasteiger partial charge in [-0.25, -0.2) is 4.99 Å². The van der Waals surface area contributed by atoms with E-state index in [4.69, 9.17) is 15.2 Å². The predicted molar refractivity (Wildman–Crippen MR) is 188 cm³/mol. The van der Waals surface area contributed by atoms with Crippen LogP contribution in [0.3, 0.4) is 0 Å². The van der Waals surface area contributed by atoms with Crippen LogP contribution in [-0.4, -0.2) is 54.6 Å². The second-order valence-corrected chi connectivity index (χ2v) is 8.97. The summed E-state index contributed by atoms with van der Waals surface area (Å²) in [5, 5.41) is 20.2. The number of aliphatic hydroxyl groups excluding tert-OH is 2. The summed E-state index contributed by atoms with van der Waals surface area (Å²) in [6.45, 7) is 14.9. The lowest BCUT2D eigenvalue weighted by molar-refractivity contribution is 0.371. The lowest BCUT2D eigenvalue weighted by Crippen LogP contribution is -2.36. The van der Waals surface area contributed by atoms with Crippen molar-refractivity contribution in [1.29, 1.82) is 0 Å². The van der Waals surface area contributed by atoms with Crippen molar-refractivity contribution in [3.63, 3.8) is 0 Å². The second kappa shape index (κ2) is 32.7. The van der Waals surface area contributed by atoms with Crippen LogP contribution >= 0.6 is 0 Å². The van der Waals surface area contributed by atoms with Gasteiger partial charge in [-0.15, -0.1) is 12.3 Å². The Kier molecular flexibility index (Phi) is 33.9. The Bertz CT molecular complexity index is 1060. The van der Waals surface area contributed by atoms with E-state index in [1.807, 2.05) is 20.8 Å². The van der Waals surface area contributed by atoms with Crippen molar-refractivity contribution < 1.29 is 10.2 Å². The van der Waals surface area contributed by atoms with E-state index in [0.29, 0.717) is 6.04 Å². The molecule has 1 aliphatic rings. The lowest BCUT2D eigenvalue weighted by Gasteiger charge is -2.22. The summed E-state index contributed by atoms with van der Waals surface area (Å²) < 4.78 is 0. The van der Waals surface area contributed by atoms with Crippen LogP contribution in [0.1, 0.15) is 111 Å². The highest BCUT2D eigenvalue weighted by atomic mass is 16.2. The SMILES string of the molecule is C#CC.CC.CC=NC(C/C=C\C(=C/C)Cc1cc(CNC2CCCCC2)nc(=C/CC)/c1=C\CC)=NC.CO.CO. The molecule has 1 aromatic rings. The molecule has 0 unspecified atom stereocenters. The van der Waals surface area contributed by atoms with E-state index in [-0.39, 0.29) is 0 Å². The quantitative estimate of drug-likeness (QED) is 0.130. The molecule has 1 aliphatic carbocycles. The largest absolute Gasteiger partial charge is 0.400 e. The van der Waals surface area contributed by atoms with Gasteiger partial charge < -0.3 is 15.5 Å². The Morgan fingerprint density at radius 3 is 2.17 bits per heavy atom. The maximum absolute atomic E-state index is 7.00. The molecule has 0 aliphatic heterocycles. The number of amidine groups is 1. The molecule has 2 rings (SSSR count). The molecule has 0 aromatic carbocycles. The van der Waals surface area contributed by atoms with E-state index in [1.165, 1.54) is 48.5 Å². The number of rotatable bonds is 10. The first-order chi connectivity index (χ1) is 20.6. The standard InChI is InChI=1S/C29H44N4.C3H4.C2H6.2CH4O/c1-6-14-27-24(20-23(8-3)16-13-19-29(30-5)31-9-4)21-26(33-28(27)15-7-2)22-32-25-17-11-10-12-18-25;1-3-2;3*1-2/h8-9,13-16,21,25,32H,6-7,10-12,17-20,22H2,1-5H3;1H,2H3;1-2H3;2*2H,1H3/b16-13-,23-8+,27-14-,28-15+,30-29?,31-9?;;;;. The first-order valence-electron chi connectivity index (χ1n) is 15.5. The third-order valence-electron chi connectivity index (χ3n) is 6.14. The topological polar surface area (TPSA) is 90.1 Å². The summed E-state index contributed by atoms with van der Waals surface area (Å²) in [5.41, 5.74) is 3.82. The van der Waals surface area contributed by atoms with Crippen molar-refractivity contribution in [2.24, 2.45) is 9.98 Å². The number of hydrogen-bond donors (Lipinski definition) is 3. The first kappa shape index (κ1) is 43.6. The van der Waals surface area contributed by atoms with Gasteiger partial charge in [0.2, 0.25) is 0 Å². The maximum atomic E-state index is 7.00. The Labute approximate surface area is 258 Å². The summed E-state index contributed by atoms with van der Waals surface area (Å²) >= 11 is 0. The van der Waals surface area contributed by atoms with Crippen molar-refractivity contribution >= 4 is 24.2 Å². The molecule has 1 saturated carbocycles. The Balaban J connectivity index is -0.00000152. The number of nitrogens with zero attached hydrogens (tertiary/aromatic N) is 3. The maximum Gasteiger partial charge on any atom is 0.126 e. The molecule has 238 valence electrons. The van der Waals surface area contributed by atoms with E-state index >= 15 is 0 Å². The number of nitrogens with one attached hydrogen (secondary N) is 1. The Morgan fingerprint density at radius 1 is 1.07 bits per heavy atom. The van der Waals surface area contributed by atoms with Crippen LogP contribution in [0.25, 0.3) is 12.2 Å². The molecule has 42 heavy (non-hydrogen) atoms. The number of allylic oxidation sites excluding steroid dienone is 3. The van der Waals surface area contributed by atoms with Gasteiger partial charge in [-0.05, 0) is 75.3 Å². The zero-order valence-electron chi connectivity index (χ0n) is 28.5. The summed E-state index contributed by atoms with van der Waals surface area (Å²) in [5.74, 6) is 3.10. The summed E-state index contributed by atoms with van der Waals surface area (Å²) in [6.07, 6.45) is 27.9. The lowest BCUT2D eigenvalue weighted by atomic mass is 9.95. The highest BCUT2D eigenvalue weighted by molar-refractivity contribution is 5.89. The molecule has 0 bridgehead atoms. The van der Waals surface area contributed by atoms with Gasteiger partial charge in [0.1, 0.15) is 5.84 Å². The summed E-state index contributed by atoms with van der Waals surface area (Å²) in [6, 6.07) is 2.96. The van der Waals surface area contributed by atoms with Crippen LogP contribution in [0.4, 0.5) is 0 Å². The van der Waals surface area contributed by atoms with Gasteiger partial charge in [0.05, 0.1) is 11.0 Å². The number of hydrogen-bond acceptors (Lipinski definition) is 5. The molecular weight excluding hydrogens is 520 g/mol. The molecule has 0 atom stereocenters. The minimum Gasteiger partial charge on any atom is -0.400 e. The molecule has 1 heterocycles. The fraction of sp³-hybridized carbons (Fsp3) is 0.583. The third-order valence-corrected chi connectivity index (χ3v) is 6.14. The fourth-order valence-electron chi connectivity index (χ4n) is 4.42. The van der Waals surface area contributed by atoms with E-state index in [0.717, 1.165) is 63.3 Å². The normalized spacial score (nSPS) is 14.5. The minimum atomic E-state index is 0.638. The van der Waals surface area contributed by atoms with E-state index < -0.39 is 0 Å². The van der Waals surface area contributed by atoms with Crippen LogP contribution in [-0.2, 0) is 13.0 Å². The Hall–Kier alpha value is -2.85. The number of terminal acetylenes is 1. The zero-order valence-corrected chi connectivity index (χ0v) is 28.5. The van der Waals surface area contributed by atoms with E-state index in [9.17, 15) is 0 Å². The molecule has 0 saturated heterocycles. The van der Waals surface area contributed by atoms with E-state index in [2.05, 4.69) is 84.9 Å². The van der Waals surface area contributed by atoms with Crippen LogP contribution in [0.2, 0.25) is 0 Å². The monoisotopic (exact) mass is 582 g/mol. The minimum absolute atomic E-state index is 0.638. The molecule has 0 radical (unpaired) electrons. The van der Waals surface area contributed by atoms with Gasteiger partial charge >= 0.3 is 0 Å². The fourth-order valence-corrected chi connectivity index (χ4v) is 4.42. The molecule has 0 spiro atoms. The third kappa shape index (κ3) is 20.1. The van der Waals surface area contributed by atoms with Crippen molar-refractivity contribution in [2.75, 3.05) is 21.3 Å². The molecule has 1 fully saturated rings. The molecule has 1 aromatic heterocycles. The first-order valence-corrected chi connectivity index (χ1v) is 15.5. The van der Waals surface area contributed by atoms with Gasteiger partial charge in [0.25, 0.3) is 0 Å². The van der Waals surface area contributed by atoms with Gasteiger partial charge in [-0.3, -0.25) is 9.98 Å². The van der Waals surface area contributed by atoms with Gasteiger partial charge in [0, 0.05) is 46.5 Å². The number of aromatic nitrogens is 1. The van der Waals surface area contributed by atoms with Crippen molar-refractivity contribution in [3.05, 3.63) is 51.7 Å². The number of pyridine rings is 1. The number of aliphatic imine (C=N–C) groups is 2. The smallest absolute Gasteiger partial charge is 0.126 e. The van der Waals surface area contributed by atoms with Crippen molar-refractivity contribution in [1.82, 2.24) is 10.3 Å². The van der Waals surface area contributed by atoms with Gasteiger partial charge in [0.15, 0.2) is 0 Å². The zero-order chi connectivity index (χ0) is 32.6. The molecule has 6 heteroatoms. The number of aliphatic hydroxyl groups is 2. The van der Waals surface area contributed by atoms with E-state index in [1.54, 1.807) is 20.2 Å². The molecule has 6 nitrogen and oxygen atoms in total. The molecule has 0 amide bonds. The van der Waals surface area contributed by atoms with Crippen molar-refractivity contribution in [3.8, 4) is 12.3 Å². The average Bonchev–Trinajstić information content (AvgIpc) is 3.04. The van der Waals surface area contributed by atoms with Crippen LogP contribution in [0.5, 0.6) is 0 Å². The van der Waals surface area contributed by atoms with Crippen molar-refractivity contribution in [2.45, 2.75) is 119 Å². The average molecular weight is 583 g/mol.